The van der Waals surface area contributed by atoms with E-state index in [0.717, 1.165) is 0 Å². The molecule has 0 fully saturated rings. The Morgan fingerprint density at radius 3 is 2.60 bits per heavy atom. The van der Waals surface area contributed by atoms with Crippen LogP contribution in [0.25, 0.3) is 0 Å². The Kier molecular flexibility index (Phi) is 5.55. The molecule has 3 rings (SSSR count). The lowest BCUT2D eigenvalue weighted by atomic mass is 9.95. The first-order valence-corrected chi connectivity index (χ1v) is 11.1. The lowest BCUT2D eigenvalue weighted by molar-refractivity contribution is 0.0903. The van der Waals surface area contributed by atoms with Crippen molar-refractivity contribution in [1.29, 1.82) is 0 Å². The highest BCUT2D eigenvalue weighted by molar-refractivity contribution is 7.89. The van der Waals surface area contributed by atoms with Gasteiger partial charge in [0, 0.05) is 22.0 Å². The Labute approximate surface area is 163 Å². The first-order valence-electron chi connectivity index (χ1n) is 7.07. The van der Waals surface area contributed by atoms with Gasteiger partial charge in [0.1, 0.15) is 10.5 Å². The second-order valence-electron chi connectivity index (χ2n) is 5.25. The van der Waals surface area contributed by atoms with Crippen molar-refractivity contribution in [2.45, 2.75) is 10.5 Å². The topological polar surface area (TPSA) is 66.4 Å². The minimum Gasteiger partial charge on any atom is -0.378 e. The van der Waals surface area contributed by atoms with Gasteiger partial charge in [-0.2, -0.15) is 11.3 Å². The molecule has 9 heteroatoms. The summed E-state index contributed by atoms with van der Waals surface area (Å²) in [6.07, 6.45) is 0. The fraction of sp³-hybridized carbons (Fsp3) is 0.125. The highest BCUT2D eigenvalue weighted by Crippen LogP contribution is 2.34. The van der Waals surface area contributed by atoms with Crippen LogP contribution in [0.3, 0.4) is 0 Å². The number of nitrogens with one attached hydrogen (secondary N) is 1. The minimum absolute atomic E-state index is 0.0621. The Morgan fingerprint density at radius 1 is 1.16 bits per heavy atom. The molecule has 25 heavy (non-hydrogen) atoms. The Bertz CT molecular complexity index is 920. The molecule has 132 valence electrons. The van der Waals surface area contributed by atoms with Gasteiger partial charge in [0.05, 0.1) is 5.02 Å². The molecule has 0 amide bonds. The molecule has 0 aliphatic rings. The molecular formula is C16H13Cl2NO3S3. The Balaban J connectivity index is 1.93. The van der Waals surface area contributed by atoms with Gasteiger partial charge in [-0.05, 0) is 46.5 Å². The van der Waals surface area contributed by atoms with Gasteiger partial charge in [-0.1, -0.05) is 29.3 Å². The molecule has 1 atom stereocenters. The van der Waals surface area contributed by atoms with Gasteiger partial charge in [0.2, 0.25) is 10.0 Å². The molecule has 0 saturated carbocycles. The fourth-order valence-corrected chi connectivity index (χ4v) is 5.70. The zero-order valence-corrected chi connectivity index (χ0v) is 16.6. The zero-order valence-electron chi connectivity index (χ0n) is 12.6. The highest BCUT2D eigenvalue weighted by atomic mass is 35.5. The number of thiophene rings is 2. The number of benzene rings is 1. The van der Waals surface area contributed by atoms with Crippen LogP contribution in [0.4, 0.5) is 0 Å². The third-order valence-corrected chi connectivity index (χ3v) is 7.45. The van der Waals surface area contributed by atoms with Crippen molar-refractivity contribution in [1.82, 2.24) is 4.72 Å². The number of halogens is 2. The number of rotatable bonds is 6. The molecule has 2 aromatic heterocycles. The molecule has 0 saturated heterocycles. The van der Waals surface area contributed by atoms with Crippen LogP contribution in [-0.2, 0) is 15.6 Å². The average molecular weight is 434 g/mol. The van der Waals surface area contributed by atoms with Crippen molar-refractivity contribution in [2.75, 3.05) is 6.54 Å². The van der Waals surface area contributed by atoms with Crippen molar-refractivity contribution < 1.29 is 13.5 Å². The van der Waals surface area contributed by atoms with E-state index in [-0.39, 0.29) is 21.5 Å². The first kappa shape index (κ1) is 18.8. The highest BCUT2D eigenvalue weighted by Gasteiger charge is 2.35. The predicted octanol–water partition coefficient (Wildman–Crippen LogP) is 4.33. The number of aliphatic hydroxyl groups is 1. The average Bonchev–Trinajstić information content (AvgIpc) is 3.28. The maximum Gasteiger partial charge on any atom is 0.242 e. The SMILES string of the molecule is O=S(=O)(NCC(O)(c1ccsc1)c1cccs1)c1cc(Cl)ccc1Cl. The van der Waals surface area contributed by atoms with Crippen LogP contribution in [-0.4, -0.2) is 20.1 Å². The summed E-state index contributed by atoms with van der Waals surface area (Å²) in [4.78, 5) is 0.520. The summed E-state index contributed by atoms with van der Waals surface area (Å²) in [5.74, 6) is 0. The van der Waals surface area contributed by atoms with Gasteiger partial charge in [-0.15, -0.1) is 11.3 Å². The summed E-state index contributed by atoms with van der Waals surface area (Å²) in [5, 5.41) is 17.0. The van der Waals surface area contributed by atoms with E-state index < -0.39 is 15.6 Å². The van der Waals surface area contributed by atoms with E-state index in [4.69, 9.17) is 23.2 Å². The number of hydrogen-bond acceptors (Lipinski definition) is 5. The van der Waals surface area contributed by atoms with Gasteiger partial charge in [-0.25, -0.2) is 13.1 Å². The third-order valence-electron chi connectivity index (χ3n) is 3.63. The first-order chi connectivity index (χ1) is 11.8. The van der Waals surface area contributed by atoms with Crippen molar-refractivity contribution in [3.8, 4) is 0 Å². The van der Waals surface area contributed by atoms with Gasteiger partial charge < -0.3 is 5.11 Å². The van der Waals surface area contributed by atoms with E-state index in [1.165, 1.54) is 40.9 Å². The molecule has 1 aromatic carbocycles. The van der Waals surface area contributed by atoms with Crippen molar-refractivity contribution in [2.24, 2.45) is 0 Å². The molecule has 3 aromatic rings. The maximum absolute atomic E-state index is 12.6. The lowest BCUT2D eigenvalue weighted by Crippen LogP contribution is -2.41. The largest absolute Gasteiger partial charge is 0.378 e. The van der Waals surface area contributed by atoms with E-state index >= 15 is 0 Å². The smallest absolute Gasteiger partial charge is 0.242 e. The van der Waals surface area contributed by atoms with Crippen molar-refractivity contribution in [3.63, 3.8) is 0 Å². The third kappa shape index (κ3) is 3.93. The quantitative estimate of drug-likeness (QED) is 0.607. The molecule has 1 unspecified atom stereocenters. The van der Waals surface area contributed by atoms with Crippen LogP contribution in [0.2, 0.25) is 10.0 Å². The van der Waals surface area contributed by atoms with Crippen molar-refractivity contribution in [3.05, 3.63) is 73.0 Å². The number of sulfonamides is 1. The molecule has 0 aliphatic heterocycles. The standard InChI is InChI=1S/C16H13Cl2NO3S3/c17-12-3-4-13(18)14(8-12)25(21,22)19-10-16(20,11-5-7-23-9-11)15-2-1-6-24-15/h1-9,19-20H,10H2. The molecule has 2 N–H and O–H groups in total. The van der Waals surface area contributed by atoms with E-state index in [1.54, 1.807) is 23.6 Å². The summed E-state index contributed by atoms with van der Waals surface area (Å²) in [5.41, 5.74) is -0.841. The van der Waals surface area contributed by atoms with Gasteiger partial charge >= 0.3 is 0 Å². The molecular weight excluding hydrogens is 421 g/mol. The van der Waals surface area contributed by atoms with Crippen LogP contribution in [0.5, 0.6) is 0 Å². The van der Waals surface area contributed by atoms with Crippen LogP contribution in [0.1, 0.15) is 10.4 Å². The summed E-state index contributed by atoms with van der Waals surface area (Å²) in [6, 6.07) is 9.55. The minimum atomic E-state index is -3.95. The van der Waals surface area contributed by atoms with Gasteiger partial charge in [0.15, 0.2) is 0 Å². The molecule has 0 bridgehead atoms. The molecule has 2 heterocycles. The Hall–Kier alpha value is -0.930. The van der Waals surface area contributed by atoms with Crippen LogP contribution in [0, 0.1) is 0 Å². The Morgan fingerprint density at radius 2 is 1.96 bits per heavy atom. The zero-order chi connectivity index (χ0) is 18.1. The van der Waals surface area contributed by atoms with E-state index in [0.29, 0.717) is 10.4 Å². The van der Waals surface area contributed by atoms with Crippen LogP contribution >= 0.6 is 45.9 Å². The summed E-state index contributed by atoms with van der Waals surface area (Å²) >= 11 is 14.7. The lowest BCUT2D eigenvalue weighted by Gasteiger charge is -2.27. The van der Waals surface area contributed by atoms with E-state index in [1.807, 2.05) is 10.8 Å². The maximum atomic E-state index is 12.6. The second-order valence-corrected chi connectivity index (χ2v) is 9.56. The fourth-order valence-electron chi connectivity index (χ4n) is 2.31. The van der Waals surface area contributed by atoms with Gasteiger partial charge in [0.25, 0.3) is 0 Å². The molecule has 0 aliphatic carbocycles. The van der Waals surface area contributed by atoms with Crippen molar-refractivity contribution >= 4 is 55.9 Å². The molecule has 4 nitrogen and oxygen atoms in total. The normalized spacial score (nSPS) is 14.4. The van der Waals surface area contributed by atoms with Crippen LogP contribution < -0.4 is 4.72 Å². The number of hydrogen-bond donors (Lipinski definition) is 2. The summed E-state index contributed by atoms with van der Waals surface area (Å²) < 4.78 is 27.7. The summed E-state index contributed by atoms with van der Waals surface area (Å²) in [7, 11) is -3.95. The van der Waals surface area contributed by atoms with E-state index in [9.17, 15) is 13.5 Å². The molecule has 0 radical (unpaired) electrons. The summed E-state index contributed by atoms with van der Waals surface area (Å²) in [6.45, 7) is -0.227. The van der Waals surface area contributed by atoms with E-state index in [2.05, 4.69) is 4.72 Å². The molecule has 0 spiro atoms. The van der Waals surface area contributed by atoms with Gasteiger partial charge in [-0.3, -0.25) is 0 Å². The van der Waals surface area contributed by atoms with Crippen LogP contribution in [0.15, 0.2) is 57.4 Å². The predicted molar refractivity (Wildman–Crippen MR) is 103 cm³/mol. The monoisotopic (exact) mass is 433 g/mol. The second kappa shape index (κ2) is 7.36.